The molecule has 10 nitrogen and oxygen atoms in total. The lowest BCUT2D eigenvalue weighted by Crippen LogP contribution is -2.54. The molecule has 0 bridgehead atoms. The zero-order chi connectivity index (χ0) is 22.9. The number of imide groups is 2. The highest BCUT2D eigenvalue weighted by atomic mass is 16.5. The molecule has 32 heavy (non-hydrogen) atoms. The van der Waals surface area contributed by atoms with Crippen LogP contribution in [-0.4, -0.2) is 65.3 Å². The van der Waals surface area contributed by atoms with Gasteiger partial charge in [-0.2, -0.15) is 0 Å². The summed E-state index contributed by atoms with van der Waals surface area (Å²) in [5, 5.41) is 12.5. The first kappa shape index (κ1) is 21.9. The number of ether oxygens (including phenoxy) is 1. The highest BCUT2D eigenvalue weighted by Gasteiger charge is 2.47. The molecule has 1 aromatic carbocycles. The molecule has 1 atom stereocenters. The van der Waals surface area contributed by atoms with E-state index in [0.29, 0.717) is 11.2 Å². The number of benzene rings is 1. The van der Waals surface area contributed by atoms with Gasteiger partial charge in [0.15, 0.2) is 0 Å². The SMILES string of the molecule is O=C1CCC(N2C(=O)c3ccc(OC4CC5(CCNCC5)C4)cc3C2=O)C(=O)N1.O=CO. The topological polar surface area (TPSA) is 142 Å². The average molecular weight is 443 g/mol. The molecule has 1 unspecified atom stereocenters. The molecule has 10 heteroatoms. The highest BCUT2D eigenvalue weighted by Crippen LogP contribution is 2.49. The second-order valence-electron chi connectivity index (χ2n) is 8.66. The predicted molar refractivity (Wildman–Crippen MR) is 110 cm³/mol. The molecular weight excluding hydrogens is 418 g/mol. The normalized spacial score (nSPS) is 24.2. The molecule has 170 valence electrons. The molecular formula is C22H25N3O7. The van der Waals surface area contributed by atoms with Crippen molar-refractivity contribution in [1.82, 2.24) is 15.5 Å². The summed E-state index contributed by atoms with van der Waals surface area (Å²) in [5.74, 6) is -1.42. The van der Waals surface area contributed by atoms with Crippen LogP contribution in [0.2, 0.25) is 0 Å². The number of carbonyl (C=O) groups excluding carboxylic acids is 4. The Morgan fingerprint density at radius 2 is 1.72 bits per heavy atom. The number of fused-ring (bicyclic) bond motifs is 1. The fourth-order valence-electron chi connectivity index (χ4n) is 5.07. The number of hydrogen-bond acceptors (Lipinski definition) is 7. The van der Waals surface area contributed by atoms with Gasteiger partial charge in [-0.1, -0.05) is 0 Å². The Kier molecular flexibility index (Phi) is 5.96. The maximum Gasteiger partial charge on any atom is 0.290 e. The first-order chi connectivity index (χ1) is 15.4. The summed E-state index contributed by atoms with van der Waals surface area (Å²) in [6.07, 6.45) is 4.76. The second-order valence-corrected chi connectivity index (χ2v) is 8.66. The highest BCUT2D eigenvalue weighted by molar-refractivity contribution is 6.23. The molecule has 3 aliphatic heterocycles. The minimum atomic E-state index is -0.948. The standard InChI is InChI=1S/C21H23N3O5.CH2O2/c25-17-4-3-16(18(26)23-17)24-19(27)14-2-1-12(9-15(14)20(24)28)29-13-10-21(11-13)5-7-22-8-6-21;2-1-3/h1-2,9,13,16,22H,3-8,10-11H2,(H,23,25,26);1H,(H,2,3). The Morgan fingerprint density at radius 1 is 1.06 bits per heavy atom. The molecule has 1 aromatic rings. The van der Waals surface area contributed by atoms with E-state index >= 15 is 0 Å². The maximum atomic E-state index is 12.9. The second kappa shape index (κ2) is 8.70. The third-order valence-electron chi connectivity index (χ3n) is 6.70. The number of piperidine rings is 2. The van der Waals surface area contributed by atoms with Crippen LogP contribution in [0.3, 0.4) is 0 Å². The number of nitrogens with one attached hydrogen (secondary N) is 2. The molecule has 4 amide bonds. The molecule has 0 radical (unpaired) electrons. The number of carboxylic acid groups (broad SMARTS) is 1. The number of hydrogen-bond donors (Lipinski definition) is 3. The first-order valence-electron chi connectivity index (χ1n) is 10.7. The van der Waals surface area contributed by atoms with Crippen LogP contribution in [0.1, 0.15) is 59.2 Å². The average Bonchev–Trinajstić information content (AvgIpc) is 2.98. The van der Waals surface area contributed by atoms with E-state index in [0.717, 1.165) is 30.8 Å². The number of nitrogens with zero attached hydrogens (tertiary/aromatic N) is 1. The van der Waals surface area contributed by atoms with Crippen LogP contribution in [0, 0.1) is 5.41 Å². The smallest absolute Gasteiger partial charge is 0.290 e. The van der Waals surface area contributed by atoms with Gasteiger partial charge in [-0.25, -0.2) is 0 Å². The molecule has 3 fully saturated rings. The van der Waals surface area contributed by atoms with Gasteiger partial charge in [0.2, 0.25) is 11.8 Å². The third-order valence-corrected chi connectivity index (χ3v) is 6.70. The quantitative estimate of drug-likeness (QED) is 0.458. The lowest BCUT2D eigenvalue weighted by atomic mass is 9.62. The van der Waals surface area contributed by atoms with Gasteiger partial charge in [-0.15, -0.1) is 0 Å². The van der Waals surface area contributed by atoms with E-state index in [2.05, 4.69) is 10.6 Å². The third kappa shape index (κ3) is 3.97. The molecule has 4 aliphatic rings. The van der Waals surface area contributed by atoms with E-state index in [-0.39, 0.29) is 42.5 Å². The van der Waals surface area contributed by atoms with Crippen molar-refractivity contribution in [2.24, 2.45) is 5.41 Å². The van der Waals surface area contributed by atoms with Crippen molar-refractivity contribution in [3.63, 3.8) is 0 Å². The number of amides is 4. The number of rotatable bonds is 3. The Hall–Kier alpha value is -3.27. The Labute approximate surface area is 184 Å². The van der Waals surface area contributed by atoms with Gasteiger partial charge in [-0.3, -0.25) is 34.2 Å². The van der Waals surface area contributed by atoms with E-state index in [1.54, 1.807) is 18.2 Å². The summed E-state index contributed by atoms with van der Waals surface area (Å²) in [6, 6.07) is 3.96. The lowest BCUT2D eigenvalue weighted by molar-refractivity contribution is -0.136. The van der Waals surface area contributed by atoms with Gasteiger partial charge < -0.3 is 15.2 Å². The largest absolute Gasteiger partial charge is 0.490 e. The summed E-state index contributed by atoms with van der Waals surface area (Å²) >= 11 is 0. The van der Waals surface area contributed by atoms with Crippen molar-refractivity contribution >= 4 is 30.1 Å². The van der Waals surface area contributed by atoms with Gasteiger partial charge in [0.25, 0.3) is 18.3 Å². The minimum absolute atomic E-state index is 0.108. The van der Waals surface area contributed by atoms with Crippen molar-refractivity contribution in [3.05, 3.63) is 29.3 Å². The van der Waals surface area contributed by atoms with Crippen molar-refractivity contribution in [3.8, 4) is 5.75 Å². The number of carbonyl (C=O) groups is 5. The van der Waals surface area contributed by atoms with Crippen LogP contribution >= 0.6 is 0 Å². The van der Waals surface area contributed by atoms with Gasteiger partial charge >= 0.3 is 0 Å². The van der Waals surface area contributed by atoms with Crippen molar-refractivity contribution in [2.75, 3.05) is 13.1 Å². The molecule has 1 aliphatic carbocycles. The van der Waals surface area contributed by atoms with Crippen LogP contribution in [0.5, 0.6) is 5.75 Å². The monoisotopic (exact) mass is 443 g/mol. The molecule has 2 saturated heterocycles. The first-order valence-corrected chi connectivity index (χ1v) is 10.7. The Morgan fingerprint density at radius 3 is 2.38 bits per heavy atom. The van der Waals surface area contributed by atoms with E-state index in [9.17, 15) is 19.2 Å². The van der Waals surface area contributed by atoms with Gasteiger partial charge in [-0.05, 0) is 68.8 Å². The van der Waals surface area contributed by atoms with E-state index in [4.69, 9.17) is 14.6 Å². The molecule has 1 saturated carbocycles. The van der Waals surface area contributed by atoms with Crippen LogP contribution in [-0.2, 0) is 14.4 Å². The predicted octanol–water partition coefficient (Wildman–Crippen LogP) is 0.700. The van der Waals surface area contributed by atoms with Crippen molar-refractivity contribution < 1.29 is 33.8 Å². The zero-order valence-corrected chi connectivity index (χ0v) is 17.5. The van der Waals surface area contributed by atoms with Gasteiger partial charge in [0.1, 0.15) is 11.8 Å². The molecule has 3 heterocycles. The summed E-state index contributed by atoms with van der Waals surface area (Å²) in [7, 11) is 0. The van der Waals surface area contributed by atoms with Crippen LogP contribution in [0.15, 0.2) is 18.2 Å². The minimum Gasteiger partial charge on any atom is -0.490 e. The van der Waals surface area contributed by atoms with Crippen LogP contribution in [0.4, 0.5) is 0 Å². The van der Waals surface area contributed by atoms with Crippen molar-refractivity contribution in [1.29, 1.82) is 0 Å². The van der Waals surface area contributed by atoms with Crippen LogP contribution < -0.4 is 15.4 Å². The van der Waals surface area contributed by atoms with Crippen molar-refractivity contribution in [2.45, 2.75) is 50.7 Å². The zero-order valence-electron chi connectivity index (χ0n) is 17.5. The molecule has 0 aromatic heterocycles. The van der Waals surface area contributed by atoms with E-state index < -0.39 is 23.8 Å². The summed E-state index contributed by atoms with van der Waals surface area (Å²) in [6.45, 7) is 1.86. The van der Waals surface area contributed by atoms with E-state index in [1.165, 1.54) is 12.8 Å². The fourth-order valence-corrected chi connectivity index (χ4v) is 5.07. The summed E-state index contributed by atoms with van der Waals surface area (Å²) < 4.78 is 6.08. The Balaban J connectivity index is 0.000000775. The maximum absolute atomic E-state index is 12.9. The molecule has 5 rings (SSSR count). The summed E-state index contributed by atoms with van der Waals surface area (Å²) in [4.78, 5) is 58.4. The molecule has 1 spiro atoms. The van der Waals surface area contributed by atoms with Gasteiger partial charge in [0.05, 0.1) is 17.2 Å². The molecule has 3 N–H and O–H groups in total. The summed E-state index contributed by atoms with van der Waals surface area (Å²) in [5.41, 5.74) is 0.921. The van der Waals surface area contributed by atoms with Crippen LogP contribution in [0.25, 0.3) is 0 Å². The van der Waals surface area contributed by atoms with E-state index in [1.807, 2.05) is 0 Å². The lowest BCUT2D eigenvalue weighted by Gasteiger charge is -2.49. The Bertz CT molecular complexity index is 962. The fraction of sp³-hybridized carbons (Fsp3) is 0.500. The van der Waals surface area contributed by atoms with Gasteiger partial charge in [0, 0.05) is 6.42 Å².